The number of ether oxygens (including phenoxy) is 2. The molecule has 88 valence electrons. The standard InChI is InChI=1S/C11H14BrNO2S/c1-2-14-6-7-15-9-5-3-4-8(12)10(9)11(13)16/h3-5H,2,6-7H2,1H3,(H2,13,16). The minimum atomic E-state index is 0.318. The van der Waals surface area contributed by atoms with Crippen LogP contribution < -0.4 is 10.5 Å². The van der Waals surface area contributed by atoms with Gasteiger partial charge in [0.2, 0.25) is 0 Å². The van der Waals surface area contributed by atoms with Crippen LogP contribution in [0.4, 0.5) is 0 Å². The maximum absolute atomic E-state index is 5.64. The summed E-state index contributed by atoms with van der Waals surface area (Å²) in [6.07, 6.45) is 0. The first-order valence-corrected chi connectivity index (χ1v) is 6.15. The summed E-state index contributed by atoms with van der Waals surface area (Å²) in [5.74, 6) is 0.682. The van der Waals surface area contributed by atoms with Gasteiger partial charge in [-0.25, -0.2) is 0 Å². The van der Waals surface area contributed by atoms with E-state index in [9.17, 15) is 0 Å². The molecule has 1 aromatic rings. The lowest BCUT2D eigenvalue weighted by molar-refractivity contribution is 0.110. The van der Waals surface area contributed by atoms with Gasteiger partial charge in [-0.05, 0) is 35.0 Å². The molecule has 0 heterocycles. The zero-order valence-corrected chi connectivity index (χ0v) is 11.4. The summed E-state index contributed by atoms with van der Waals surface area (Å²) in [6.45, 7) is 3.67. The highest BCUT2D eigenvalue weighted by atomic mass is 79.9. The fraction of sp³-hybridized carbons (Fsp3) is 0.364. The summed E-state index contributed by atoms with van der Waals surface area (Å²) in [4.78, 5) is 0.318. The summed E-state index contributed by atoms with van der Waals surface area (Å²) in [5, 5.41) is 0. The number of thiocarbonyl (C=S) groups is 1. The Balaban J connectivity index is 2.71. The normalized spacial score (nSPS) is 10.1. The third-order valence-electron chi connectivity index (χ3n) is 1.91. The van der Waals surface area contributed by atoms with Crippen LogP contribution in [-0.4, -0.2) is 24.8 Å². The molecule has 16 heavy (non-hydrogen) atoms. The Kier molecular flexibility index (Phi) is 5.73. The highest BCUT2D eigenvalue weighted by Crippen LogP contribution is 2.26. The molecule has 0 saturated heterocycles. The van der Waals surface area contributed by atoms with E-state index in [2.05, 4.69) is 15.9 Å². The predicted octanol–water partition coefficient (Wildman–Crippen LogP) is 2.50. The monoisotopic (exact) mass is 303 g/mol. The maximum atomic E-state index is 5.64. The Hall–Kier alpha value is -0.650. The van der Waals surface area contributed by atoms with Gasteiger partial charge >= 0.3 is 0 Å². The van der Waals surface area contributed by atoms with Crippen LogP contribution in [0.3, 0.4) is 0 Å². The highest BCUT2D eigenvalue weighted by Gasteiger charge is 2.10. The lowest BCUT2D eigenvalue weighted by Crippen LogP contribution is -2.14. The number of hydrogen-bond acceptors (Lipinski definition) is 3. The van der Waals surface area contributed by atoms with Crippen LogP contribution in [0.25, 0.3) is 0 Å². The van der Waals surface area contributed by atoms with Crippen LogP contribution in [0.15, 0.2) is 22.7 Å². The molecule has 0 atom stereocenters. The van der Waals surface area contributed by atoms with Gasteiger partial charge in [0.25, 0.3) is 0 Å². The van der Waals surface area contributed by atoms with Gasteiger partial charge in [0.1, 0.15) is 17.3 Å². The van der Waals surface area contributed by atoms with Crippen LogP contribution in [0.1, 0.15) is 12.5 Å². The van der Waals surface area contributed by atoms with Crippen molar-refractivity contribution in [3.63, 3.8) is 0 Å². The molecular weight excluding hydrogens is 290 g/mol. The van der Waals surface area contributed by atoms with Gasteiger partial charge in [0.15, 0.2) is 0 Å². The van der Waals surface area contributed by atoms with E-state index in [1.165, 1.54) is 0 Å². The van der Waals surface area contributed by atoms with Crippen LogP contribution in [0, 0.1) is 0 Å². The zero-order valence-electron chi connectivity index (χ0n) is 9.03. The first-order chi connectivity index (χ1) is 7.66. The molecule has 0 aromatic heterocycles. The van der Waals surface area contributed by atoms with Crippen molar-refractivity contribution in [1.82, 2.24) is 0 Å². The molecule has 0 aliphatic heterocycles. The van der Waals surface area contributed by atoms with Crippen molar-refractivity contribution in [2.75, 3.05) is 19.8 Å². The molecule has 0 unspecified atom stereocenters. The van der Waals surface area contributed by atoms with Crippen LogP contribution in [-0.2, 0) is 4.74 Å². The van der Waals surface area contributed by atoms with E-state index >= 15 is 0 Å². The van der Waals surface area contributed by atoms with Crippen molar-refractivity contribution in [1.29, 1.82) is 0 Å². The molecule has 3 nitrogen and oxygen atoms in total. The van der Waals surface area contributed by atoms with Gasteiger partial charge in [0.05, 0.1) is 12.2 Å². The summed E-state index contributed by atoms with van der Waals surface area (Å²) in [6, 6.07) is 5.59. The first kappa shape index (κ1) is 13.4. The van der Waals surface area contributed by atoms with Crippen LogP contribution >= 0.6 is 28.1 Å². The van der Waals surface area contributed by atoms with Crippen LogP contribution in [0.5, 0.6) is 5.75 Å². The number of hydrogen-bond donors (Lipinski definition) is 1. The Labute approximate surface area is 109 Å². The Morgan fingerprint density at radius 2 is 2.19 bits per heavy atom. The Morgan fingerprint density at radius 1 is 1.44 bits per heavy atom. The topological polar surface area (TPSA) is 44.5 Å². The van der Waals surface area contributed by atoms with E-state index in [0.29, 0.717) is 30.6 Å². The third-order valence-corrected chi connectivity index (χ3v) is 2.78. The molecule has 1 aromatic carbocycles. The van der Waals surface area contributed by atoms with E-state index in [4.69, 9.17) is 27.4 Å². The fourth-order valence-electron chi connectivity index (χ4n) is 1.22. The second-order valence-corrected chi connectivity index (χ2v) is 4.32. The molecule has 0 saturated carbocycles. The van der Waals surface area contributed by atoms with Crippen molar-refractivity contribution in [2.45, 2.75) is 6.92 Å². The fourth-order valence-corrected chi connectivity index (χ4v) is 2.12. The number of halogens is 1. The minimum absolute atomic E-state index is 0.318. The predicted molar refractivity (Wildman–Crippen MR) is 72.0 cm³/mol. The molecule has 5 heteroatoms. The maximum Gasteiger partial charge on any atom is 0.130 e. The summed E-state index contributed by atoms with van der Waals surface area (Å²) >= 11 is 8.37. The van der Waals surface area contributed by atoms with E-state index in [0.717, 1.165) is 10.0 Å². The molecule has 0 amide bonds. The molecule has 0 radical (unpaired) electrons. The second-order valence-electron chi connectivity index (χ2n) is 3.02. The molecule has 0 spiro atoms. The van der Waals surface area contributed by atoms with Crippen molar-refractivity contribution in [2.24, 2.45) is 5.73 Å². The summed E-state index contributed by atoms with van der Waals surface area (Å²) in [7, 11) is 0. The number of benzene rings is 1. The smallest absolute Gasteiger partial charge is 0.130 e. The Bertz CT molecular complexity index is 371. The summed E-state index contributed by atoms with van der Waals surface area (Å²) < 4.78 is 11.6. The van der Waals surface area contributed by atoms with E-state index < -0.39 is 0 Å². The molecule has 0 fully saturated rings. The molecule has 2 N–H and O–H groups in total. The van der Waals surface area contributed by atoms with Crippen molar-refractivity contribution in [3.05, 3.63) is 28.2 Å². The van der Waals surface area contributed by atoms with Crippen molar-refractivity contribution in [3.8, 4) is 5.75 Å². The second kappa shape index (κ2) is 6.83. The lowest BCUT2D eigenvalue weighted by Gasteiger charge is -2.11. The third kappa shape index (κ3) is 3.73. The zero-order chi connectivity index (χ0) is 12.0. The number of nitrogens with two attached hydrogens (primary N) is 1. The number of rotatable bonds is 6. The van der Waals surface area contributed by atoms with Crippen molar-refractivity contribution < 1.29 is 9.47 Å². The van der Waals surface area contributed by atoms with Crippen LogP contribution in [0.2, 0.25) is 0 Å². The molecule has 0 bridgehead atoms. The van der Waals surface area contributed by atoms with Gasteiger partial charge < -0.3 is 15.2 Å². The van der Waals surface area contributed by atoms with Gasteiger partial charge in [-0.3, -0.25) is 0 Å². The average Bonchev–Trinajstić information content (AvgIpc) is 2.24. The SMILES string of the molecule is CCOCCOc1cccc(Br)c1C(N)=S. The molecular formula is C11H14BrNO2S. The van der Waals surface area contributed by atoms with E-state index in [-0.39, 0.29) is 0 Å². The van der Waals surface area contributed by atoms with Gasteiger partial charge in [-0.2, -0.15) is 0 Å². The minimum Gasteiger partial charge on any atom is -0.490 e. The Morgan fingerprint density at radius 3 is 2.81 bits per heavy atom. The highest BCUT2D eigenvalue weighted by molar-refractivity contribution is 9.10. The van der Waals surface area contributed by atoms with Gasteiger partial charge in [0, 0.05) is 11.1 Å². The molecule has 1 rings (SSSR count). The molecule has 0 aliphatic carbocycles. The van der Waals surface area contributed by atoms with Gasteiger partial charge in [-0.15, -0.1) is 0 Å². The van der Waals surface area contributed by atoms with Gasteiger partial charge in [-0.1, -0.05) is 18.3 Å². The van der Waals surface area contributed by atoms with E-state index in [1.54, 1.807) is 0 Å². The van der Waals surface area contributed by atoms with E-state index in [1.807, 2.05) is 25.1 Å². The lowest BCUT2D eigenvalue weighted by atomic mass is 10.2. The van der Waals surface area contributed by atoms with Crippen molar-refractivity contribution >= 4 is 33.1 Å². The molecule has 0 aliphatic rings. The first-order valence-electron chi connectivity index (χ1n) is 4.95. The largest absolute Gasteiger partial charge is 0.490 e. The quantitative estimate of drug-likeness (QED) is 0.648. The summed E-state index contributed by atoms with van der Waals surface area (Å²) in [5.41, 5.74) is 6.37. The average molecular weight is 304 g/mol.